The van der Waals surface area contributed by atoms with E-state index in [0.717, 1.165) is 44.6 Å². The number of H-pyrrole nitrogens is 1. The molecule has 3 rings (SSSR count). The van der Waals surface area contributed by atoms with Crippen LogP contribution in [0, 0.1) is 0 Å². The second-order valence-corrected chi connectivity index (χ2v) is 5.99. The zero-order valence-corrected chi connectivity index (χ0v) is 12.0. The summed E-state index contributed by atoms with van der Waals surface area (Å²) in [5.74, 6) is 0.720. The Kier molecular flexibility index (Phi) is 4.35. The van der Waals surface area contributed by atoms with Crippen molar-refractivity contribution in [1.82, 2.24) is 20.4 Å². The third-order valence-electron chi connectivity index (χ3n) is 4.55. The molecule has 1 aromatic rings. The van der Waals surface area contributed by atoms with Crippen LogP contribution in [0.25, 0.3) is 0 Å². The average molecular weight is 276 g/mol. The Hall–Kier alpha value is -1.36. The Morgan fingerprint density at radius 1 is 1.25 bits per heavy atom. The lowest BCUT2D eigenvalue weighted by Crippen LogP contribution is -2.49. The third kappa shape index (κ3) is 3.03. The number of nitrogens with one attached hydrogen (secondary N) is 2. The van der Waals surface area contributed by atoms with Crippen LogP contribution in [-0.2, 0) is 4.79 Å². The topological polar surface area (TPSA) is 61.0 Å². The number of amides is 1. The summed E-state index contributed by atoms with van der Waals surface area (Å²) >= 11 is 0. The fraction of sp³-hybridized carbons (Fsp3) is 0.733. The lowest BCUT2D eigenvalue weighted by molar-refractivity contribution is -0.134. The van der Waals surface area contributed by atoms with E-state index in [1.807, 2.05) is 6.07 Å². The van der Waals surface area contributed by atoms with Gasteiger partial charge in [-0.2, -0.15) is 5.10 Å². The summed E-state index contributed by atoms with van der Waals surface area (Å²) in [5.41, 5.74) is 1.16. The first-order valence-corrected chi connectivity index (χ1v) is 7.86. The fourth-order valence-electron chi connectivity index (χ4n) is 3.38. The Bertz CT molecular complexity index is 423. The average Bonchev–Trinajstić information content (AvgIpc) is 2.89. The number of hydrogen-bond donors (Lipinski definition) is 2. The molecule has 0 saturated carbocycles. The van der Waals surface area contributed by atoms with Crippen LogP contribution < -0.4 is 5.32 Å². The summed E-state index contributed by atoms with van der Waals surface area (Å²) in [7, 11) is 0. The number of aromatic nitrogens is 2. The van der Waals surface area contributed by atoms with Crippen molar-refractivity contribution in [2.45, 2.75) is 50.5 Å². The van der Waals surface area contributed by atoms with Crippen molar-refractivity contribution in [1.29, 1.82) is 0 Å². The molecule has 2 saturated heterocycles. The normalized spacial score (nSPS) is 28.1. The molecular formula is C15H24N4O. The van der Waals surface area contributed by atoms with Crippen molar-refractivity contribution < 1.29 is 4.79 Å². The van der Waals surface area contributed by atoms with E-state index in [-0.39, 0.29) is 6.04 Å². The number of piperidine rings is 1. The Morgan fingerprint density at radius 2 is 2.20 bits per heavy atom. The molecule has 2 aliphatic heterocycles. The molecule has 1 aromatic heterocycles. The molecule has 2 atom stereocenters. The highest BCUT2D eigenvalue weighted by Gasteiger charge is 2.30. The third-order valence-corrected chi connectivity index (χ3v) is 4.55. The summed E-state index contributed by atoms with van der Waals surface area (Å²) < 4.78 is 0. The molecule has 0 spiro atoms. The lowest BCUT2D eigenvalue weighted by Gasteiger charge is -2.34. The van der Waals surface area contributed by atoms with Gasteiger partial charge in [0, 0.05) is 30.9 Å². The van der Waals surface area contributed by atoms with Crippen LogP contribution in [0.5, 0.6) is 0 Å². The summed E-state index contributed by atoms with van der Waals surface area (Å²) in [5, 5.41) is 10.5. The highest BCUT2D eigenvalue weighted by molar-refractivity contribution is 5.82. The van der Waals surface area contributed by atoms with Gasteiger partial charge in [-0.05, 0) is 38.3 Å². The summed E-state index contributed by atoms with van der Waals surface area (Å²) in [6, 6.07) is 2.07. The molecule has 2 fully saturated rings. The summed E-state index contributed by atoms with van der Waals surface area (Å²) in [4.78, 5) is 14.7. The largest absolute Gasteiger partial charge is 0.341 e. The van der Waals surface area contributed by atoms with Gasteiger partial charge in [-0.25, -0.2) is 0 Å². The van der Waals surface area contributed by atoms with Crippen molar-refractivity contribution in [2.75, 3.05) is 19.6 Å². The predicted molar refractivity (Wildman–Crippen MR) is 77.4 cm³/mol. The van der Waals surface area contributed by atoms with E-state index in [1.165, 1.54) is 19.3 Å². The molecule has 2 aliphatic rings. The Labute approximate surface area is 120 Å². The van der Waals surface area contributed by atoms with E-state index >= 15 is 0 Å². The standard InChI is InChI=1S/C15H24N4O/c20-15(14-6-2-1-3-8-16-14)19-10-4-5-12(11-19)13-7-9-17-18-13/h7,9,12,14,16H,1-6,8,10-11H2,(H,17,18). The van der Waals surface area contributed by atoms with Crippen molar-refractivity contribution in [3.8, 4) is 0 Å². The van der Waals surface area contributed by atoms with Crippen LogP contribution in [-0.4, -0.2) is 46.7 Å². The van der Waals surface area contributed by atoms with Crippen LogP contribution in [0.15, 0.2) is 12.3 Å². The molecule has 3 heterocycles. The van der Waals surface area contributed by atoms with E-state index in [2.05, 4.69) is 20.4 Å². The molecule has 5 heteroatoms. The number of likely N-dealkylation sites (tertiary alicyclic amines) is 1. The van der Waals surface area contributed by atoms with E-state index in [9.17, 15) is 4.79 Å². The van der Waals surface area contributed by atoms with E-state index < -0.39 is 0 Å². The van der Waals surface area contributed by atoms with Gasteiger partial charge in [0.1, 0.15) is 0 Å². The van der Waals surface area contributed by atoms with Gasteiger partial charge in [0.25, 0.3) is 0 Å². The Morgan fingerprint density at radius 3 is 3.05 bits per heavy atom. The SMILES string of the molecule is O=C(C1CCCCCN1)N1CCCC(c2ccn[nH]2)C1. The molecule has 20 heavy (non-hydrogen) atoms. The fourth-order valence-corrected chi connectivity index (χ4v) is 3.38. The quantitative estimate of drug-likeness (QED) is 0.863. The first-order chi connectivity index (χ1) is 9.84. The summed E-state index contributed by atoms with van der Waals surface area (Å²) in [6.07, 6.45) is 8.62. The minimum absolute atomic E-state index is 0.0398. The summed E-state index contributed by atoms with van der Waals surface area (Å²) in [6.45, 7) is 2.72. The van der Waals surface area contributed by atoms with Crippen LogP contribution >= 0.6 is 0 Å². The molecule has 0 radical (unpaired) electrons. The lowest BCUT2D eigenvalue weighted by atomic mass is 9.94. The van der Waals surface area contributed by atoms with Gasteiger partial charge < -0.3 is 10.2 Å². The Balaban J connectivity index is 1.62. The van der Waals surface area contributed by atoms with Gasteiger partial charge >= 0.3 is 0 Å². The number of nitrogens with zero attached hydrogens (tertiary/aromatic N) is 2. The first-order valence-electron chi connectivity index (χ1n) is 7.86. The molecule has 0 bridgehead atoms. The van der Waals surface area contributed by atoms with Gasteiger partial charge in [-0.1, -0.05) is 12.8 Å². The molecular weight excluding hydrogens is 252 g/mol. The molecule has 110 valence electrons. The number of carbonyl (C=O) groups excluding carboxylic acids is 1. The molecule has 2 N–H and O–H groups in total. The maximum Gasteiger partial charge on any atom is 0.239 e. The van der Waals surface area contributed by atoms with Crippen molar-refractivity contribution in [2.24, 2.45) is 0 Å². The molecule has 5 nitrogen and oxygen atoms in total. The van der Waals surface area contributed by atoms with Crippen LogP contribution in [0.1, 0.15) is 50.1 Å². The van der Waals surface area contributed by atoms with Crippen LogP contribution in [0.4, 0.5) is 0 Å². The van der Waals surface area contributed by atoms with Gasteiger partial charge in [0.15, 0.2) is 0 Å². The van der Waals surface area contributed by atoms with Crippen molar-refractivity contribution in [3.63, 3.8) is 0 Å². The van der Waals surface area contributed by atoms with Crippen molar-refractivity contribution in [3.05, 3.63) is 18.0 Å². The number of rotatable bonds is 2. The van der Waals surface area contributed by atoms with Gasteiger partial charge in [0.05, 0.1) is 6.04 Å². The second-order valence-electron chi connectivity index (χ2n) is 5.99. The van der Waals surface area contributed by atoms with Crippen LogP contribution in [0.3, 0.4) is 0 Å². The maximum absolute atomic E-state index is 12.7. The first kappa shape index (κ1) is 13.6. The number of carbonyl (C=O) groups is 1. The molecule has 0 aromatic carbocycles. The molecule has 2 unspecified atom stereocenters. The number of hydrogen-bond acceptors (Lipinski definition) is 3. The number of aromatic amines is 1. The maximum atomic E-state index is 12.7. The highest BCUT2D eigenvalue weighted by atomic mass is 16.2. The van der Waals surface area contributed by atoms with Crippen LogP contribution in [0.2, 0.25) is 0 Å². The van der Waals surface area contributed by atoms with Crippen molar-refractivity contribution >= 4 is 5.91 Å². The van der Waals surface area contributed by atoms with Gasteiger partial charge in [0.2, 0.25) is 5.91 Å². The molecule has 1 amide bonds. The predicted octanol–water partition coefficient (Wildman–Crippen LogP) is 1.65. The van der Waals surface area contributed by atoms with Gasteiger partial charge in [-0.15, -0.1) is 0 Å². The zero-order valence-electron chi connectivity index (χ0n) is 12.0. The molecule has 0 aliphatic carbocycles. The monoisotopic (exact) mass is 276 g/mol. The minimum Gasteiger partial charge on any atom is -0.341 e. The minimum atomic E-state index is 0.0398. The van der Waals surface area contributed by atoms with E-state index in [0.29, 0.717) is 11.8 Å². The zero-order chi connectivity index (χ0) is 13.8. The van der Waals surface area contributed by atoms with Gasteiger partial charge in [-0.3, -0.25) is 9.89 Å². The van der Waals surface area contributed by atoms with E-state index in [1.54, 1.807) is 6.20 Å². The smallest absolute Gasteiger partial charge is 0.239 e. The second kappa shape index (κ2) is 6.39. The highest BCUT2D eigenvalue weighted by Crippen LogP contribution is 2.26. The van der Waals surface area contributed by atoms with E-state index in [4.69, 9.17) is 0 Å².